The monoisotopic (exact) mass is 399 g/mol. The van der Waals surface area contributed by atoms with E-state index in [0.717, 1.165) is 37.4 Å². The lowest BCUT2D eigenvalue weighted by atomic mass is 10.0. The highest BCUT2D eigenvalue weighted by atomic mass is 19.1. The van der Waals surface area contributed by atoms with Crippen molar-refractivity contribution < 1.29 is 18.7 Å². The molecule has 0 saturated carbocycles. The molecule has 0 radical (unpaired) electrons. The number of nitrogens with zero attached hydrogens (tertiary/aromatic N) is 1. The van der Waals surface area contributed by atoms with Crippen LogP contribution in [0.15, 0.2) is 48.5 Å². The highest BCUT2D eigenvalue weighted by Gasteiger charge is 2.22. The van der Waals surface area contributed by atoms with Crippen molar-refractivity contribution >= 4 is 17.5 Å². The zero-order valence-electron chi connectivity index (χ0n) is 16.5. The fourth-order valence-corrected chi connectivity index (χ4v) is 3.51. The molecule has 1 aliphatic rings. The van der Waals surface area contributed by atoms with Crippen molar-refractivity contribution in [3.05, 3.63) is 59.9 Å². The molecular weight excluding hydrogens is 373 g/mol. The van der Waals surface area contributed by atoms with E-state index >= 15 is 0 Å². The number of nitrogens with one attached hydrogen (secondary N) is 2. The second-order valence-corrected chi connectivity index (χ2v) is 7.08. The fraction of sp³-hybridized carbons (Fsp3) is 0.364. The van der Waals surface area contributed by atoms with Crippen LogP contribution in [0.25, 0.3) is 0 Å². The molecule has 3 rings (SSSR count). The van der Waals surface area contributed by atoms with E-state index < -0.39 is 0 Å². The van der Waals surface area contributed by atoms with Crippen LogP contribution in [0.3, 0.4) is 0 Å². The molecule has 2 amide bonds. The van der Waals surface area contributed by atoms with Gasteiger partial charge in [0, 0.05) is 19.1 Å². The summed E-state index contributed by atoms with van der Waals surface area (Å²) in [6.45, 7) is 1.55. The summed E-state index contributed by atoms with van der Waals surface area (Å²) >= 11 is 0. The number of hydrogen-bond donors (Lipinski definition) is 2. The maximum atomic E-state index is 13.2. The molecule has 1 fully saturated rings. The molecule has 1 aliphatic heterocycles. The SMILES string of the molecule is COc1ccccc1N1CCC(NC(=O)CNC(=O)Cc2cccc(F)c2)CC1. The molecule has 2 N–H and O–H groups in total. The smallest absolute Gasteiger partial charge is 0.239 e. The summed E-state index contributed by atoms with van der Waals surface area (Å²) in [7, 11) is 1.66. The highest BCUT2D eigenvalue weighted by Crippen LogP contribution is 2.29. The summed E-state index contributed by atoms with van der Waals surface area (Å²) in [5.41, 5.74) is 1.64. The van der Waals surface area contributed by atoms with Gasteiger partial charge >= 0.3 is 0 Å². The van der Waals surface area contributed by atoms with Crippen molar-refractivity contribution in [1.82, 2.24) is 10.6 Å². The lowest BCUT2D eigenvalue weighted by molar-refractivity contribution is -0.126. The Kier molecular flexibility index (Phi) is 7.05. The first-order valence-corrected chi connectivity index (χ1v) is 9.73. The average Bonchev–Trinajstić information content (AvgIpc) is 2.73. The van der Waals surface area contributed by atoms with Crippen LogP contribution in [0.4, 0.5) is 10.1 Å². The highest BCUT2D eigenvalue weighted by molar-refractivity contribution is 5.85. The van der Waals surface area contributed by atoms with Gasteiger partial charge in [-0.05, 0) is 42.7 Å². The van der Waals surface area contributed by atoms with Crippen LogP contribution in [0.2, 0.25) is 0 Å². The minimum atomic E-state index is -0.382. The van der Waals surface area contributed by atoms with Crippen LogP contribution >= 0.6 is 0 Å². The third kappa shape index (κ3) is 5.94. The van der Waals surface area contributed by atoms with Crippen LogP contribution in [-0.4, -0.2) is 44.6 Å². The van der Waals surface area contributed by atoms with Crippen LogP contribution in [0.1, 0.15) is 18.4 Å². The van der Waals surface area contributed by atoms with Gasteiger partial charge in [-0.15, -0.1) is 0 Å². The standard InChI is InChI=1S/C22H26FN3O3/c1-29-20-8-3-2-7-19(20)26-11-9-18(10-12-26)25-22(28)15-24-21(27)14-16-5-4-6-17(23)13-16/h2-8,13,18H,9-12,14-15H2,1H3,(H,24,27)(H,25,28). The average molecular weight is 399 g/mol. The molecule has 1 saturated heterocycles. The number of rotatable bonds is 7. The van der Waals surface area contributed by atoms with E-state index in [0.29, 0.717) is 5.56 Å². The molecule has 154 valence electrons. The van der Waals surface area contributed by atoms with Gasteiger partial charge in [-0.2, -0.15) is 0 Å². The first-order chi connectivity index (χ1) is 14.0. The third-order valence-corrected chi connectivity index (χ3v) is 4.99. The van der Waals surface area contributed by atoms with Crippen molar-refractivity contribution in [3.63, 3.8) is 0 Å². The van der Waals surface area contributed by atoms with Gasteiger partial charge in [0.15, 0.2) is 0 Å². The fourth-order valence-electron chi connectivity index (χ4n) is 3.51. The first-order valence-electron chi connectivity index (χ1n) is 9.73. The Morgan fingerprint density at radius 3 is 2.59 bits per heavy atom. The molecule has 0 unspecified atom stereocenters. The summed E-state index contributed by atoms with van der Waals surface area (Å²) in [6.07, 6.45) is 1.68. The van der Waals surface area contributed by atoms with Crippen LogP contribution in [0.5, 0.6) is 5.75 Å². The van der Waals surface area contributed by atoms with E-state index in [1.807, 2.05) is 24.3 Å². The number of carbonyl (C=O) groups is 2. The van der Waals surface area contributed by atoms with E-state index in [-0.39, 0.29) is 36.6 Å². The quantitative estimate of drug-likeness (QED) is 0.750. The zero-order valence-corrected chi connectivity index (χ0v) is 16.5. The molecule has 0 spiro atoms. The van der Waals surface area contributed by atoms with Crippen molar-refractivity contribution in [2.45, 2.75) is 25.3 Å². The van der Waals surface area contributed by atoms with Gasteiger partial charge in [0.25, 0.3) is 0 Å². The summed E-state index contributed by atoms with van der Waals surface area (Å²) in [5, 5.41) is 5.57. The molecular formula is C22H26FN3O3. The van der Waals surface area contributed by atoms with Gasteiger partial charge in [-0.25, -0.2) is 4.39 Å². The van der Waals surface area contributed by atoms with Crippen molar-refractivity contribution in [1.29, 1.82) is 0 Å². The van der Waals surface area contributed by atoms with E-state index in [4.69, 9.17) is 4.74 Å². The molecule has 1 heterocycles. The van der Waals surface area contributed by atoms with Gasteiger partial charge in [-0.3, -0.25) is 9.59 Å². The molecule has 2 aromatic carbocycles. The Morgan fingerprint density at radius 1 is 1.10 bits per heavy atom. The normalized spacial score (nSPS) is 14.3. The van der Waals surface area contributed by atoms with Gasteiger partial charge in [0.1, 0.15) is 11.6 Å². The van der Waals surface area contributed by atoms with Gasteiger partial charge in [-0.1, -0.05) is 24.3 Å². The summed E-state index contributed by atoms with van der Waals surface area (Å²) in [6, 6.07) is 13.9. The molecule has 0 aliphatic carbocycles. The molecule has 0 aromatic heterocycles. The largest absolute Gasteiger partial charge is 0.495 e. The van der Waals surface area contributed by atoms with Gasteiger partial charge < -0.3 is 20.3 Å². The summed E-state index contributed by atoms with van der Waals surface area (Å²) in [5.74, 6) is -0.0615. The second kappa shape index (κ2) is 9.91. The van der Waals surface area contributed by atoms with Gasteiger partial charge in [0.2, 0.25) is 11.8 Å². The lowest BCUT2D eigenvalue weighted by Crippen LogP contribution is -2.47. The van der Waals surface area contributed by atoms with Crippen molar-refractivity contribution in [2.24, 2.45) is 0 Å². The molecule has 0 bridgehead atoms. The Hall–Kier alpha value is -3.09. The number of methoxy groups -OCH3 is 1. The molecule has 2 aromatic rings. The van der Waals surface area contributed by atoms with E-state index in [2.05, 4.69) is 15.5 Å². The van der Waals surface area contributed by atoms with Crippen LogP contribution in [-0.2, 0) is 16.0 Å². The van der Waals surface area contributed by atoms with Gasteiger partial charge in [0.05, 0.1) is 25.8 Å². The number of piperidine rings is 1. The number of benzene rings is 2. The third-order valence-electron chi connectivity index (χ3n) is 4.99. The zero-order chi connectivity index (χ0) is 20.6. The number of halogens is 1. The Balaban J connectivity index is 1.40. The lowest BCUT2D eigenvalue weighted by Gasteiger charge is -2.34. The Bertz CT molecular complexity index is 851. The van der Waals surface area contributed by atoms with E-state index in [1.165, 1.54) is 12.1 Å². The predicted octanol–water partition coefficient (Wildman–Crippen LogP) is 2.28. The second-order valence-electron chi connectivity index (χ2n) is 7.08. The topological polar surface area (TPSA) is 70.7 Å². The van der Waals surface area contributed by atoms with Crippen LogP contribution in [0, 0.1) is 5.82 Å². The van der Waals surface area contributed by atoms with Crippen molar-refractivity contribution in [3.8, 4) is 5.75 Å². The number of carbonyl (C=O) groups excluding carboxylic acids is 2. The van der Waals surface area contributed by atoms with E-state index in [1.54, 1.807) is 19.2 Å². The molecule has 0 atom stereocenters. The van der Waals surface area contributed by atoms with E-state index in [9.17, 15) is 14.0 Å². The molecule has 29 heavy (non-hydrogen) atoms. The Morgan fingerprint density at radius 2 is 1.86 bits per heavy atom. The first kappa shape index (κ1) is 20.6. The Labute approximate surface area is 170 Å². The molecule has 7 heteroatoms. The number of ether oxygens (including phenoxy) is 1. The van der Waals surface area contributed by atoms with Crippen molar-refractivity contribution in [2.75, 3.05) is 31.6 Å². The maximum Gasteiger partial charge on any atom is 0.239 e. The van der Waals surface area contributed by atoms with Crippen LogP contribution < -0.4 is 20.3 Å². The number of para-hydroxylation sites is 2. The molecule has 6 nitrogen and oxygen atoms in total. The summed E-state index contributed by atoms with van der Waals surface area (Å²) < 4.78 is 18.6. The predicted molar refractivity (Wildman–Crippen MR) is 109 cm³/mol. The number of anilines is 1. The summed E-state index contributed by atoms with van der Waals surface area (Å²) in [4.78, 5) is 26.4. The minimum absolute atomic E-state index is 0.0440. The number of amides is 2. The number of hydrogen-bond acceptors (Lipinski definition) is 4. The maximum absolute atomic E-state index is 13.2. The minimum Gasteiger partial charge on any atom is -0.495 e.